The number of rotatable bonds is 5. The first-order chi connectivity index (χ1) is 14.7. The van der Waals surface area contributed by atoms with Crippen molar-refractivity contribution in [3.8, 4) is 0 Å². The first-order valence-electron chi connectivity index (χ1n) is 9.31. The highest BCUT2D eigenvalue weighted by Crippen LogP contribution is 2.36. The van der Waals surface area contributed by atoms with Gasteiger partial charge in [-0.15, -0.1) is 22.7 Å². The molecule has 0 saturated carbocycles. The SMILES string of the molecule is O=C(OCC(=O)N1N=C(c2cccs2)C[C@H]1c1cccs1)c1cc2ccccc2o1. The molecule has 0 radical (unpaired) electrons. The van der Waals surface area contributed by atoms with Gasteiger partial charge in [0.2, 0.25) is 5.76 Å². The summed E-state index contributed by atoms with van der Waals surface area (Å²) in [7, 11) is 0. The van der Waals surface area contributed by atoms with Crippen LogP contribution in [0.5, 0.6) is 0 Å². The Hall–Kier alpha value is -3.23. The number of amides is 1. The Bertz CT molecular complexity index is 1190. The van der Waals surface area contributed by atoms with Gasteiger partial charge >= 0.3 is 5.97 Å². The third kappa shape index (κ3) is 3.55. The molecule has 5 rings (SSSR count). The van der Waals surface area contributed by atoms with E-state index < -0.39 is 12.6 Å². The average Bonchev–Trinajstić information content (AvgIpc) is 3.56. The van der Waals surface area contributed by atoms with Gasteiger partial charge in [0.1, 0.15) is 5.58 Å². The molecule has 4 heterocycles. The van der Waals surface area contributed by atoms with Crippen molar-refractivity contribution in [3.63, 3.8) is 0 Å². The van der Waals surface area contributed by atoms with Crippen molar-refractivity contribution in [1.82, 2.24) is 5.01 Å². The molecule has 0 saturated heterocycles. The lowest BCUT2D eigenvalue weighted by Gasteiger charge is -2.20. The van der Waals surface area contributed by atoms with Crippen LogP contribution >= 0.6 is 22.7 Å². The zero-order valence-electron chi connectivity index (χ0n) is 15.7. The predicted octanol–water partition coefficient (Wildman–Crippen LogP) is 5.09. The van der Waals surface area contributed by atoms with E-state index in [1.807, 2.05) is 53.2 Å². The van der Waals surface area contributed by atoms with Gasteiger partial charge in [-0.3, -0.25) is 4.79 Å². The fraction of sp³-hybridized carbons (Fsp3) is 0.136. The van der Waals surface area contributed by atoms with Crippen LogP contribution in [-0.4, -0.2) is 29.2 Å². The summed E-state index contributed by atoms with van der Waals surface area (Å²) in [5.41, 5.74) is 1.46. The van der Waals surface area contributed by atoms with Gasteiger partial charge in [-0.05, 0) is 35.0 Å². The van der Waals surface area contributed by atoms with Crippen molar-refractivity contribution in [2.24, 2.45) is 5.10 Å². The van der Waals surface area contributed by atoms with Crippen LogP contribution in [0.1, 0.15) is 32.8 Å². The Kier molecular flexibility index (Phi) is 4.94. The van der Waals surface area contributed by atoms with Crippen LogP contribution < -0.4 is 0 Å². The average molecular weight is 437 g/mol. The molecule has 1 aliphatic rings. The summed E-state index contributed by atoms with van der Waals surface area (Å²) >= 11 is 3.17. The number of carbonyl (C=O) groups is 2. The van der Waals surface area contributed by atoms with Crippen LogP contribution in [0.2, 0.25) is 0 Å². The molecule has 1 aromatic carbocycles. The van der Waals surface area contributed by atoms with Gasteiger partial charge in [0.05, 0.1) is 16.6 Å². The third-order valence-electron chi connectivity index (χ3n) is 4.80. The highest BCUT2D eigenvalue weighted by molar-refractivity contribution is 7.12. The van der Waals surface area contributed by atoms with E-state index in [0.29, 0.717) is 12.0 Å². The molecule has 0 spiro atoms. The van der Waals surface area contributed by atoms with E-state index in [9.17, 15) is 9.59 Å². The highest BCUT2D eigenvalue weighted by Gasteiger charge is 2.34. The van der Waals surface area contributed by atoms with Crippen LogP contribution in [0, 0.1) is 0 Å². The first-order valence-corrected chi connectivity index (χ1v) is 11.1. The van der Waals surface area contributed by atoms with Crippen molar-refractivity contribution >= 4 is 51.2 Å². The second-order valence-corrected chi connectivity index (χ2v) is 8.65. The summed E-state index contributed by atoms with van der Waals surface area (Å²) in [6.45, 7) is -0.404. The third-order valence-corrected chi connectivity index (χ3v) is 6.69. The van der Waals surface area contributed by atoms with Crippen molar-refractivity contribution < 1.29 is 18.7 Å². The van der Waals surface area contributed by atoms with Gasteiger partial charge in [-0.25, -0.2) is 9.80 Å². The van der Waals surface area contributed by atoms with E-state index in [0.717, 1.165) is 20.9 Å². The molecule has 30 heavy (non-hydrogen) atoms. The Morgan fingerprint density at radius 2 is 1.93 bits per heavy atom. The summed E-state index contributed by atoms with van der Waals surface area (Å²) in [6.07, 6.45) is 0.629. The van der Waals surface area contributed by atoms with E-state index >= 15 is 0 Å². The number of hydrogen-bond acceptors (Lipinski definition) is 7. The second kappa shape index (κ2) is 7.89. The van der Waals surface area contributed by atoms with Crippen molar-refractivity contribution in [1.29, 1.82) is 0 Å². The molecule has 1 aliphatic heterocycles. The van der Waals surface area contributed by atoms with Gasteiger partial charge in [0.15, 0.2) is 6.61 Å². The van der Waals surface area contributed by atoms with E-state index in [-0.39, 0.29) is 17.7 Å². The summed E-state index contributed by atoms with van der Waals surface area (Å²) in [5, 5.41) is 10.8. The minimum atomic E-state index is -0.672. The quantitative estimate of drug-likeness (QED) is 0.409. The van der Waals surface area contributed by atoms with E-state index in [2.05, 4.69) is 5.10 Å². The smallest absolute Gasteiger partial charge is 0.374 e. The largest absolute Gasteiger partial charge is 0.450 e. The monoisotopic (exact) mass is 436 g/mol. The Morgan fingerprint density at radius 3 is 2.70 bits per heavy atom. The van der Waals surface area contributed by atoms with Gasteiger partial charge in [0.25, 0.3) is 5.91 Å². The Labute approximate surface area is 180 Å². The Balaban J connectivity index is 1.32. The number of fused-ring (bicyclic) bond motifs is 1. The maximum atomic E-state index is 12.9. The molecule has 1 atom stereocenters. The Morgan fingerprint density at radius 1 is 1.10 bits per heavy atom. The molecular formula is C22H16N2O4S2. The number of thiophene rings is 2. The van der Waals surface area contributed by atoms with Gasteiger partial charge in [-0.2, -0.15) is 5.10 Å². The number of carbonyl (C=O) groups excluding carboxylic acids is 2. The molecule has 0 N–H and O–H groups in total. The summed E-state index contributed by atoms with van der Waals surface area (Å²) in [5.74, 6) is -0.971. The molecule has 0 aliphatic carbocycles. The number of esters is 1. The standard InChI is InChI=1S/C22H16N2O4S2/c25-21(13-27-22(26)18-11-14-5-1-2-6-17(14)28-18)24-16(20-8-4-10-30-20)12-15(23-24)19-7-3-9-29-19/h1-11,16H,12-13H2/t16-/m0/s1. The topological polar surface area (TPSA) is 72.1 Å². The van der Waals surface area contributed by atoms with E-state index in [1.54, 1.807) is 34.8 Å². The maximum absolute atomic E-state index is 12.9. The molecule has 3 aromatic heterocycles. The van der Waals surface area contributed by atoms with Gasteiger partial charge in [-0.1, -0.05) is 30.3 Å². The lowest BCUT2D eigenvalue weighted by atomic mass is 10.1. The lowest BCUT2D eigenvalue weighted by molar-refractivity contribution is -0.136. The number of nitrogens with zero attached hydrogens (tertiary/aromatic N) is 2. The van der Waals surface area contributed by atoms with Crippen LogP contribution in [0.15, 0.2) is 74.9 Å². The zero-order chi connectivity index (χ0) is 20.5. The molecule has 6 nitrogen and oxygen atoms in total. The molecule has 8 heteroatoms. The number of furan rings is 1. The number of benzene rings is 1. The van der Waals surface area contributed by atoms with Gasteiger partial charge < -0.3 is 9.15 Å². The number of hydrazone groups is 1. The van der Waals surface area contributed by atoms with Crippen molar-refractivity contribution in [3.05, 3.63) is 80.9 Å². The fourth-order valence-corrected chi connectivity index (χ4v) is 4.91. The molecule has 0 unspecified atom stereocenters. The lowest BCUT2D eigenvalue weighted by Crippen LogP contribution is -2.31. The molecule has 0 fully saturated rings. The van der Waals surface area contributed by atoms with Crippen molar-refractivity contribution in [2.45, 2.75) is 12.5 Å². The molecule has 150 valence electrons. The van der Waals surface area contributed by atoms with Crippen LogP contribution in [-0.2, 0) is 9.53 Å². The number of para-hydroxylation sites is 1. The van der Waals surface area contributed by atoms with Crippen LogP contribution in [0.4, 0.5) is 0 Å². The van der Waals surface area contributed by atoms with Crippen molar-refractivity contribution in [2.75, 3.05) is 6.61 Å². The molecule has 0 bridgehead atoms. The summed E-state index contributed by atoms with van der Waals surface area (Å²) < 4.78 is 10.7. The molecule has 1 amide bonds. The van der Waals surface area contributed by atoms with Gasteiger partial charge in [0, 0.05) is 16.7 Å². The number of hydrogen-bond donors (Lipinski definition) is 0. The second-order valence-electron chi connectivity index (χ2n) is 6.72. The van der Waals surface area contributed by atoms with E-state index in [1.165, 1.54) is 5.01 Å². The normalized spacial score (nSPS) is 16.1. The molecular weight excluding hydrogens is 420 g/mol. The minimum absolute atomic E-state index is 0.0722. The van der Waals surface area contributed by atoms with Crippen LogP contribution in [0.3, 0.4) is 0 Å². The highest BCUT2D eigenvalue weighted by atomic mass is 32.1. The summed E-state index contributed by atoms with van der Waals surface area (Å²) in [6, 6.07) is 16.6. The zero-order valence-corrected chi connectivity index (χ0v) is 17.3. The number of ether oxygens (including phenoxy) is 1. The fourth-order valence-electron chi connectivity index (χ4n) is 3.38. The van der Waals surface area contributed by atoms with E-state index in [4.69, 9.17) is 9.15 Å². The predicted molar refractivity (Wildman–Crippen MR) is 116 cm³/mol. The minimum Gasteiger partial charge on any atom is -0.450 e. The maximum Gasteiger partial charge on any atom is 0.374 e. The first kappa shape index (κ1) is 18.8. The van der Waals surface area contributed by atoms with Crippen LogP contribution in [0.25, 0.3) is 11.0 Å². The summed E-state index contributed by atoms with van der Waals surface area (Å²) in [4.78, 5) is 27.3. The molecule has 4 aromatic rings.